The molecule has 4 saturated carbocycles. The van der Waals surface area contributed by atoms with Gasteiger partial charge < -0.3 is 5.73 Å². The largest absolute Gasteiger partial charge is 0.367 e. The molecule has 0 unspecified atom stereocenters. The molecule has 0 radical (unpaired) electrons. The van der Waals surface area contributed by atoms with Crippen LogP contribution in [0.5, 0.6) is 0 Å². The minimum Gasteiger partial charge on any atom is -0.367 e. The zero-order valence-electron chi connectivity index (χ0n) is 9.29. The van der Waals surface area contributed by atoms with Gasteiger partial charge in [-0.2, -0.15) is 0 Å². The molecule has 0 saturated heterocycles. The summed E-state index contributed by atoms with van der Waals surface area (Å²) in [6, 6.07) is 0.489. The first kappa shape index (κ1) is 8.96. The second-order valence-corrected chi connectivity index (χ2v) is 5.90. The van der Waals surface area contributed by atoms with Crippen molar-refractivity contribution in [1.82, 2.24) is 20.2 Å². The van der Waals surface area contributed by atoms with E-state index in [-0.39, 0.29) is 0 Å². The van der Waals surface area contributed by atoms with Crippen molar-refractivity contribution < 1.29 is 0 Å². The number of hydrogen-bond acceptors (Lipinski definition) is 4. The maximum Gasteiger partial charge on any atom is 0.240 e. The van der Waals surface area contributed by atoms with Gasteiger partial charge in [0.15, 0.2) is 0 Å². The van der Waals surface area contributed by atoms with E-state index in [1.807, 2.05) is 4.68 Å². The van der Waals surface area contributed by atoms with Gasteiger partial charge in [0.25, 0.3) is 0 Å². The van der Waals surface area contributed by atoms with Crippen LogP contribution < -0.4 is 5.73 Å². The number of rotatable bonds is 1. The van der Waals surface area contributed by atoms with Gasteiger partial charge in [0.2, 0.25) is 5.95 Å². The summed E-state index contributed by atoms with van der Waals surface area (Å²) >= 11 is 0. The van der Waals surface area contributed by atoms with Crippen molar-refractivity contribution in [3.8, 4) is 0 Å². The maximum atomic E-state index is 5.85. The molecule has 1 aromatic heterocycles. The molecular weight excluding hydrogens is 202 g/mol. The van der Waals surface area contributed by atoms with Crippen molar-refractivity contribution in [3.63, 3.8) is 0 Å². The third-order valence-electron chi connectivity index (χ3n) is 4.98. The monoisotopic (exact) mass is 219 g/mol. The summed E-state index contributed by atoms with van der Waals surface area (Å²) in [4.78, 5) is 0. The molecule has 0 aromatic carbocycles. The van der Waals surface area contributed by atoms with Gasteiger partial charge in [-0.05, 0) is 66.2 Å². The number of aromatic nitrogens is 4. The number of nitrogen functional groups attached to an aromatic ring is 1. The summed E-state index contributed by atoms with van der Waals surface area (Å²) in [5, 5.41) is 11.6. The lowest BCUT2D eigenvalue weighted by atomic mass is 9.54. The van der Waals surface area contributed by atoms with E-state index >= 15 is 0 Å². The third-order valence-corrected chi connectivity index (χ3v) is 4.98. The summed E-state index contributed by atoms with van der Waals surface area (Å²) in [6.45, 7) is 0. The lowest BCUT2D eigenvalue weighted by molar-refractivity contribution is -0.0334. The van der Waals surface area contributed by atoms with Crippen molar-refractivity contribution in [2.24, 2.45) is 23.7 Å². The first-order valence-electron chi connectivity index (χ1n) is 6.34. The Bertz CT molecular complexity index is 384. The van der Waals surface area contributed by atoms with Crippen LogP contribution in [0.4, 0.5) is 5.95 Å². The Balaban J connectivity index is 1.72. The Morgan fingerprint density at radius 1 is 1.00 bits per heavy atom. The molecular formula is C11H17N5. The Morgan fingerprint density at radius 3 is 2.12 bits per heavy atom. The van der Waals surface area contributed by atoms with Gasteiger partial charge in [-0.15, -0.1) is 0 Å². The smallest absolute Gasteiger partial charge is 0.240 e. The minimum absolute atomic E-state index is 0.489. The SMILES string of the molecule is Nc1nnnn1C1C2CC3CC(C2)CC1C3. The predicted molar refractivity (Wildman–Crippen MR) is 58.3 cm³/mol. The van der Waals surface area contributed by atoms with E-state index in [2.05, 4.69) is 15.5 Å². The molecule has 16 heavy (non-hydrogen) atoms. The lowest BCUT2D eigenvalue weighted by Crippen LogP contribution is -2.46. The summed E-state index contributed by atoms with van der Waals surface area (Å²) in [7, 11) is 0. The molecule has 86 valence electrons. The first-order chi connectivity index (χ1) is 7.81. The number of anilines is 1. The fraction of sp³-hybridized carbons (Fsp3) is 0.909. The van der Waals surface area contributed by atoms with Gasteiger partial charge in [0.05, 0.1) is 6.04 Å². The average Bonchev–Trinajstić information content (AvgIpc) is 2.63. The molecule has 1 aromatic rings. The topological polar surface area (TPSA) is 69.6 Å². The van der Waals surface area contributed by atoms with Crippen molar-refractivity contribution >= 4 is 5.95 Å². The summed E-state index contributed by atoms with van der Waals surface area (Å²) in [5.41, 5.74) is 5.85. The quantitative estimate of drug-likeness (QED) is 0.771. The van der Waals surface area contributed by atoms with Gasteiger partial charge in [-0.25, -0.2) is 4.68 Å². The van der Waals surface area contributed by atoms with Crippen LogP contribution >= 0.6 is 0 Å². The number of nitrogens with two attached hydrogens (primary N) is 1. The van der Waals surface area contributed by atoms with Crippen LogP contribution in [-0.2, 0) is 0 Å². The second-order valence-electron chi connectivity index (χ2n) is 5.90. The van der Waals surface area contributed by atoms with Crippen LogP contribution in [0, 0.1) is 23.7 Å². The average molecular weight is 219 g/mol. The zero-order valence-corrected chi connectivity index (χ0v) is 9.29. The molecule has 2 N–H and O–H groups in total. The summed E-state index contributed by atoms with van der Waals surface area (Å²) in [5.74, 6) is 4.02. The Kier molecular flexibility index (Phi) is 1.66. The number of hydrogen-bond donors (Lipinski definition) is 1. The van der Waals surface area contributed by atoms with Gasteiger partial charge >= 0.3 is 0 Å². The minimum atomic E-state index is 0.489. The number of tetrazole rings is 1. The number of nitrogens with zero attached hydrogens (tertiary/aromatic N) is 4. The lowest BCUT2D eigenvalue weighted by Gasteiger charge is -2.53. The fourth-order valence-corrected chi connectivity index (χ4v) is 4.71. The fourth-order valence-electron chi connectivity index (χ4n) is 4.71. The van der Waals surface area contributed by atoms with Crippen molar-refractivity contribution in [3.05, 3.63) is 0 Å². The zero-order chi connectivity index (χ0) is 10.7. The highest BCUT2D eigenvalue weighted by Crippen LogP contribution is 2.58. The Labute approximate surface area is 94.4 Å². The Morgan fingerprint density at radius 2 is 1.62 bits per heavy atom. The summed E-state index contributed by atoms with van der Waals surface area (Å²) < 4.78 is 1.90. The van der Waals surface area contributed by atoms with E-state index in [0.717, 1.165) is 23.7 Å². The highest BCUT2D eigenvalue weighted by atomic mass is 15.6. The van der Waals surface area contributed by atoms with Gasteiger partial charge in [-0.3, -0.25) is 0 Å². The van der Waals surface area contributed by atoms with Crippen LogP contribution in [0.1, 0.15) is 38.1 Å². The molecule has 5 nitrogen and oxygen atoms in total. The molecule has 4 bridgehead atoms. The van der Waals surface area contributed by atoms with Crippen molar-refractivity contribution in [2.75, 3.05) is 5.73 Å². The van der Waals surface area contributed by atoms with Crippen molar-refractivity contribution in [1.29, 1.82) is 0 Å². The van der Waals surface area contributed by atoms with Crippen LogP contribution in [0.2, 0.25) is 0 Å². The van der Waals surface area contributed by atoms with E-state index in [1.54, 1.807) is 0 Å². The molecule has 0 aliphatic heterocycles. The first-order valence-corrected chi connectivity index (χ1v) is 6.34. The van der Waals surface area contributed by atoms with Crippen LogP contribution in [0.15, 0.2) is 0 Å². The molecule has 4 aliphatic carbocycles. The molecule has 0 atom stereocenters. The predicted octanol–water partition coefficient (Wildman–Crippen LogP) is 1.25. The second kappa shape index (κ2) is 2.96. The highest BCUT2D eigenvalue weighted by Gasteiger charge is 2.49. The maximum absolute atomic E-state index is 5.85. The van der Waals surface area contributed by atoms with E-state index in [0.29, 0.717) is 12.0 Å². The molecule has 4 fully saturated rings. The molecule has 5 heteroatoms. The Hall–Kier alpha value is -1.13. The molecule has 0 spiro atoms. The normalized spacial score (nSPS) is 45.1. The standard InChI is InChI=1S/C11H17N5/c12-11-13-14-15-16(11)10-8-2-6-1-7(4-8)5-9(10)3-6/h6-10H,1-5H2,(H2,12,13,15). The summed E-state index contributed by atoms with van der Waals surface area (Å²) in [6.07, 6.45) is 6.96. The van der Waals surface area contributed by atoms with Crippen molar-refractivity contribution in [2.45, 2.75) is 38.1 Å². The van der Waals surface area contributed by atoms with E-state index in [9.17, 15) is 0 Å². The van der Waals surface area contributed by atoms with E-state index < -0.39 is 0 Å². The molecule has 0 amide bonds. The van der Waals surface area contributed by atoms with Gasteiger partial charge in [-0.1, -0.05) is 5.10 Å². The third kappa shape index (κ3) is 1.09. The molecule has 5 rings (SSSR count). The van der Waals surface area contributed by atoms with Gasteiger partial charge in [0, 0.05) is 0 Å². The van der Waals surface area contributed by atoms with Crippen LogP contribution in [-0.4, -0.2) is 20.2 Å². The van der Waals surface area contributed by atoms with E-state index in [4.69, 9.17) is 5.73 Å². The van der Waals surface area contributed by atoms with Crippen LogP contribution in [0.3, 0.4) is 0 Å². The van der Waals surface area contributed by atoms with Crippen LogP contribution in [0.25, 0.3) is 0 Å². The molecule has 4 aliphatic rings. The van der Waals surface area contributed by atoms with Gasteiger partial charge in [0.1, 0.15) is 0 Å². The molecule has 1 heterocycles. The highest BCUT2D eigenvalue weighted by molar-refractivity contribution is 5.14. The van der Waals surface area contributed by atoms with E-state index in [1.165, 1.54) is 32.1 Å².